The molecule has 1 aliphatic carbocycles. The van der Waals surface area contributed by atoms with Crippen LogP contribution in [0.2, 0.25) is 0 Å². The second-order valence-electron chi connectivity index (χ2n) is 3.82. The summed E-state index contributed by atoms with van der Waals surface area (Å²) in [6.07, 6.45) is 6.15. The summed E-state index contributed by atoms with van der Waals surface area (Å²) in [5, 5.41) is 0. The molecule has 95 valence electrons. The molecule has 2 nitrogen and oxygen atoms in total. The summed E-state index contributed by atoms with van der Waals surface area (Å²) < 4.78 is 36.8. The van der Waals surface area contributed by atoms with E-state index in [1.165, 1.54) is 0 Å². The van der Waals surface area contributed by atoms with E-state index in [1.807, 2.05) is 12.5 Å². The summed E-state index contributed by atoms with van der Waals surface area (Å²) >= 11 is 0. The van der Waals surface area contributed by atoms with Gasteiger partial charge in [0.25, 0.3) is 0 Å². The predicted molar refractivity (Wildman–Crippen MR) is 63.2 cm³/mol. The highest BCUT2D eigenvalue weighted by Crippen LogP contribution is 2.19. The molecule has 0 spiro atoms. The van der Waals surface area contributed by atoms with Crippen molar-refractivity contribution in [2.45, 2.75) is 13.0 Å². The monoisotopic (exact) mass is 251 g/mol. The molecule has 1 aromatic carbocycles. The first-order chi connectivity index (χ1) is 8.69. The SMILES string of the molecule is COC1=CC(OCc2cc(F)ccc2F)=CC[CH]1. The van der Waals surface area contributed by atoms with Gasteiger partial charge in [-0.2, -0.15) is 0 Å². The standard InChI is InChI=1S/C14H13F2O2/c1-17-12-3-2-4-13(8-12)18-9-10-7-11(15)5-6-14(10)16/h3-8H,2,9H2,1H3. The Balaban J connectivity index is 2.01. The molecule has 0 aliphatic heterocycles. The summed E-state index contributed by atoms with van der Waals surface area (Å²) in [5.41, 5.74) is 0.192. The van der Waals surface area contributed by atoms with Gasteiger partial charge >= 0.3 is 0 Å². The lowest BCUT2D eigenvalue weighted by Crippen LogP contribution is -2.01. The van der Waals surface area contributed by atoms with E-state index in [0.29, 0.717) is 17.9 Å². The number of hydrogen-bond acceptors (Lipinski definition) is 2. The first-order valence-corrected chi connectivity index (χ1v) is 5.55. The fourth-order valence-corrected chi connectivity index (χ4v) is 1.61. The molecule has 0 fully saturated rings. The zero-order valence-electron chi connectivity index (χ0n) is 9.95. The Hall–Kier alpha value is -1.84. The van der Waals surface area contributed by atoms with Crippen LogP contribution < -0.4 is 0 Å². The van der Waals surface area contributed by atoms with Crippen LogP contribution in [0.1, 0.15) is 12.0 Å². The van der Waals surface area contributed by atoms with Crippen molar-refractivity contribution in [3.8, 4) is 0 Å². The summed E-state index contributed by atoms with van der Waals surface area (Å²) in [4.78, 5) is 0. The summed E-state index contributed by atoms with van der Waals surface area (Å²) in [6, 6.07) is 3.30. The van der Waals surface area contributed by atoms with Crippen LogP contribution in [-0.4, -0.2) is 7.11 Å². The fraction of sp³-hybridized carbons (Fsp3) is 0.214. The summed E-state index contributed by atoms with van der Waals surface area (Å²) in [5.74, 6) is 0.342. The second-order valence-corrected chi connectivity index (χ2v) is 3.82. The van der Waals surface area contributed by atoms with Gasteiger partial charge in [0.2, 0.25) is 0 Å². The van der Waals surface area contributed by atoms with Crippen LogP contribution in [0.25, 0.3) is 0 Å². The van der Waals surface area contributed by atoms with E-state index in [4.69, 9.17) is 9.47 Å². The first-order valence-electron chi connectivity index (χ1n) is 5.55. The number of ether oxygens (including phenoxy) is 2. The van der Waals surface area contributed by atoms with Gasteiger partial charge in [0.1, 0.15) is 29.8 Å². The van der Waals surface area contributed by atoms with Crippen LogP contribution >= 0.6 is 0 Å². The van der Waals surface area contributed by atoms with E-state index in [0.717, 1.165) is 18.2 Å². The van der Waals surface area contributed by atoms with Crippen molar-refractivity contribution < 1.29 is 18.3 Å². The van der Waals surface area contributed by atoms with Gasteiger partial charge in [0.15, 0.2) is 0 Å². The molecule has 0 amide bonds. The summed E-state index contributed by atoms with van der Waals surface area (Å²) in [6.45, 7) is -0.0110. The molecular weight excluding hydrogens is 238 g/mol. The largest absolute Gasteiger partial charge is 0.501 e. The topological polar surface area (TPSA) is 18.5 Å². The normalized spacial score (nSPS) is 14.8. The minimum Gasteiger partial charge on any atom is -0.501 e. The zero-order chi connectivity index (χ0) is 13.0. The van der Waals surface area contributed by atoms with Crippen molar-refractivity contribution in [3.63, 3.8) is 0 Å². The van der Waals surface area contributed by atoms with E-state index < -0.39 is 11.6 Å². The number of rotatable bonds is 4. The minimum absolute atomic E-state index is 0.0110. The Morgan fingerprint density at radius 2 is 2.06 bits per heavy atom. The number of benzene rings is 1. The molecule has 0 unspecified atom stereocenters. The highest BCUT2D eigenvalue weighted by Gasteiger charge is 2.09. The third-order valence-corrected chi connectivity index (χ3v) is 2.56. The van der Waals surface area contributed by atoms with Gasteiger partial charge in [-0.25, -0.2) is 8.78 Å². The average Bonchev–Trinajstić information content (AvgIpc) is 2.40. The smallest absolute Gasteiger partial charge is 0.130 e. The van der Waals surface area contributed by atoms with Crippen molar-refractivity contribution in [1.82, 2.24) is 0 Å². The van der Waals surface area contributed by atoms with Crippen molar-refractivity contribution in [2.24, 2.45) is 0 Å². The van der Waals surface area contributed by atoms with Crippen molar-refractivity contribution in [3.05, 3.63) is 65.5 Å². The molecule has 0 bridgehead atoms. The third-order valence-electron chi connectivity index (χ3n) is 2.56. The van der Waals surface area contributed by atoms with Crippen molar-refractivity contribution >= 4 is 0 Å². The Morgan fingerprint density at radius 3 is 2.83 bits per heavy atom. The molecule has 0 saturated carbocycles. The molecule has 1 aliphatic rings. The van der Waals surface area contributed by atoms with Crippen LogP contribution in [0, 0.1) is 18.1 Å². The van der Waals surface area contributed by atoms with Gasteiger partial charge < -0.3 is 9.47 Å². The maximum Gasteiger partial charge on any atom is 0.130 e. The lowest BCUT2D eigenvalue weighted by Gasteiger charge is -2.14. The molecule has 1 radical (unpaired) electrons. The van der Waals surface area contributed by atoms with Gasteiger partial charge in [-0.05, 0) is 30.7 Å². The Labute approximate surface area is 105 Å². The molecule has 4 heteroatoms. The van der Waals surface area contributed by atoms with Crippen LogP contribution in [-0.2, 0) is 16.1 Å². The minimum atomic E-state index is -0.478. The van der Waals surface area contributed by atoms with Gasteiger partial charge in [0.05, 0.1) is 7.11 Å². The fourth-order valence-electron chi connectivity index (χ4n) is 1.61. The molecule has 18 heavy (non-hydrogen) atoms. The van der Waals surface area contributed by atoms with Crippen LogP contribution in [0.4, 0.5) is 8.78 Å². The maximum absolute atomic E-state index is 13.4. The van der Waals surface area contributed by atoms with E-state index >= 15 is 0 Å². The van der Waals surface area contributed by atoms with Gasteiger partial charge in [0, 0.05) is 18.1 Å². The number of methoxy groups -OCH3 is 1. The molecule has 0 heterocycles. The van der Waals surface area contributed by atoms with Crippen LogP contribution in [0.15, 0.2) is 41.9 Å². The van der Waals surface area contributed by atoms with Crippen LogP contribution in [0.5, 0.6) is 0 Å². The molecule has 0 N–H and O–H groups in total. The Kier molecular flexibility index (Phi) is 3.97. The van der Waals surface area contributed by atoms with Gasteiger partial charge in [-0.1, -0.05) is 0 Å². The Morgan fingerprint density at radius 1 is 1.22 bits per heavy atom. The maximum atomic E-state index is 13.4. The highest BCUT2D eigenvalue weighted by atomic mass is 19.1. The molecule has 0 aromatic heterocycles. The Bertz CT molecular complexity index is 493. The van der Waals surface area contributed by atoms with Crippen molar-refractivity contribution in [1.29, 1.82) is 0 Å². The molecule has 2 rings (SSSR count). The molecule has 0 saturated heterocycles. The molecule has 1 aromatic rings. The van der Waals surface area contributed by atoms with E-state index in [2.05, 4.69) is 0 Å². The number of halogens is 2. The number of allylic oxidation sites excluding steroid dienone is 3. The van der Waals surface area contributed by atoms with E-state index in [-0.39, 0.29) is 12.2 Å². The summed E-state index contributed by atoms with van der Waals surface area (Å²) in [7, 11) is 1.57. The average molecular weight is 251 g/mol. The highest BCUT2D eigenvalue weighted by molar-refractivity contribution is 5.27. The van der Waals surface area contributed by atoms with Gasteiger partial charge in [-0.3, -0.25) is 0 Å². The van der Waals surface area contributed by atoms with Crippen molar-refractivity contribution in [2.75, 3.05) is 7.11 Å². The van der Waals surface area contributed by atoms with Gasteiger partial charge in [-0.15, -0.1) is 0 Å². The number of hydrogen-bond donors (Lipinski definition) is 0. The lowest BCUT2D eigenvalue weighted by molar-refractivity contribution is 0.200. The predicted octanol–water partition coefficient (Wildman–Crippen LogP) is 3.50. The van der Waals surface area contributed by atoms with Crippen LogP contribution in [0.3, 0.4) is 0 Å². The second kappa shape index (κ2) is 5.67. The van der Waals surface area contributed by atoms with E-state index in [9.17, 15) is 8.78 Å². The molecular formula is C14H13F2O2. The molecule has 0 atom stereocenters. The van der Waals surface area contributed by atoms with E-state index in [1.54, 1.807) is 13.2 Å². The lowest BCUT2D eigenvalue weighted by atomic mass is 10.1. The third kappa shape index (κ3) is 3.09. The zero-order valence-corrected chi connectivity index (χ0v) is 9.95. The first kappa shape index (κ1) is 12.6. The quantitative estimate of drug-likeness (QED) is 0.815.